The van der Waals surface area contributed by atoms with Gasteiger partial charge in [0.25, 0.3) is 5.92 Å². The van der Waals surface area contributed by atoms with Gasteiger partial charge in [-0.15, -0.1) is 0 Å². The molecule has 0 bridgehead atoms. The summed E-state index contributed by atoms with van der Waals surface area (Å²) in [6, 6.07) is 5.14. The number of rotatable bonds is 6. The monoisotopic (exact) mass is 513 g/mol. The second-order valence-corrected chi connectivity index (χ2v) is 8.51. The number of aryl methyl sites for hydroxylation is 1. The quantitative estimate of drug-likeness (QED) is 0.577. The van der Waals surface area contributed by atoms with E-state index in [1.54, 1.807) is 43.1 Å². The first kappa shape index (κ1) is 26.7. The second-order valence-electron chi connectivity index (χ2n) is 8.07. The number of aliphatic imine (C=N–C) groups is 1. The molecule has 2 N–H and O–H groups in total. The molecule has 0 amide bonds. The standard InChI is InChI=1S/C17H23F2N5O3.C6H4ClF/c1-3-27-16(26)12-7-21-14(15-20-4-5-23(15)2)22-13(12)8-24-10-17(18,19)6-11(24)9-25;7-5-2-1-3-6(8)4-5/h4-5,11,25H,3,6-10H2,1-2H3,(H,21,22);1-4H. The van der Waals surface area contributed by atoms with Gasteiger partial charge in [0.1, 0.15) is 5.82 Å². The number of imidazole rings is 1. The van der Waals surface area contributed by atoms with Crippen molar-refractivity contribution >= 4 is 23.4 Å². The number of benzene rings is 1. The van der Waals surface area contributed by atoms with E-state index in [1.807, 2.05) is 0 Å². The Hall–Kier alpha value is -2.89. The molecular weight excluding hydrogens is 487 g/mol. The van der Waals surface area contributed by atoms with Gasteiger partial charge in [-0.25, -0.2) is 22.9 Å². The molecule has 1 aromatic carbocycles. The number of carbonyl (C=O) groups is 1. The van der Waals surface area contributed by atoms with Gasteiger partial charge in [0, 0.05) is 49.2 Å². The number of aromatic nitrogens is 2. The Bertz CT molecular complexity index is 1090. The highest BCUT2D eigenvalue weighted by Crippen LogP contribution is 2.32. The van der Waals surface area contributed by atoms with Crippen LogP contribution >= 0.6 is 11.6 Å². The lowest BCUT2D eigenvalue weighted by atomic mass is 10.1. The summed E-state index contributed by atoms with van der Waals surface area (Å²) in [6.45, 7) is 1.16. The first-order valence-corrected chi connectivity index (χ1v) is 11.3. The number of hydrogen-bond donors (Lipinski definition) is 2. The fourth-order valence-electron chi connectivity index (χ4n) is 3.77. The van der Waals surface area contributed by atoms with Crippen LogP contribution in [0, 0.1) is 5.82 Å². The first-order valence-electron chi connectivity index (χ1n) is 11.0. The van der Waals surface area contributed by atoms with Gasteiger partial charge < -0.3 is 19.7 Å². The van der Waals surface area contributed by atoms with Crippen LogP contribution < -0.4 is 5.32 Å². The zero-order valence-electron chi connectivity index (χ0n) is 19.3. The molecule has 35 heavy (non-hydrogen) atoms. The molecule has 12 heteroatoms. The zero-order valence-corrected chi connectivity index (χ0v) is 20.1. The number of esters is 1. The van der Waals surface area contributed by atoms with E-state index in [1.165, 1.54) is 17.0 Å². The molecule has 2 aliphatic rings. The number of ether oxygens (including phenoxy) is 1. The van der Waals surface area contributed by atoms with Crippen LogP contribution in [0.25, 0.3) is 0 Å². The number of hydrogen-bond acceptors (Lipinski definition) is 7. The average molecular weight is 514 g/mol. The van der Waals surface area contributed by atoms with E-state index in [9.17, 15) is 23.1 Å². The van der Waals surface area contributed by atoms with Crippen molar-refractivity contribution in [2.24, 2.45) is 12.0 Å². The summed E-state index contributed by atoms with van der Waals surface area (Å²) in [5.74, 6) is -2.67. The maximum Gasteiger partial charge on any atom is 0.337 e. The van der Waals surface area contributed by atoms with Crippen LogP contribution in [0.3, 0.4) is 0 Å². The molecule has 1 unspecified atom stereocenters. The van der Waals surface area contributed by atoms with E-state index in [4.69, 9.17) is 16.3 Å². The number of alkyl halides is 2. The molecule has 0 radical (unpaired) electrons. The van der Waals surface area contributed by atoms with E-state index < -0.39 is 30.9 Å². The molecule has 1 fully saturated rings. The number of likely N-dealkylation sites (tertiary alicyclic amines) is 1. The normalized spacial score (nSPS) is 19.5. The Morgan fingerprint density at radius 1 is 1.40 bits per heavy atom. The van der Waals surface area contributed by atoms with Crippen molar-refractivity contribution in [1.29, 1.82) is 0 Å². The minimum Gasteiger partial charge on any atom is -0.463 e. The van der Waals surface area contributed by atoms with Gasteiger partial charge in [-0.05, 0) is 25.1 Å². The SMILES string of the molecule is CCOC(=O)C1=C(CN2CC(F)(F)CC2CO)NC(c2nccn2C)=NC1.Fc1cccc(Cl)c1. The fraction of sp³-hybridized carbons (Fsp3) is 0.435. The third kappa shape index (κ3) is 7.06. The van der Waals surface area contributed by atoms with Gasteiger partial charge in [0.2, 0.25) is 0 Å². The number of amidine groups is 1. The molecule has 190 valence electrons. The number of aliphatic hydroxyl groups is 1. The lowest BCUT2D eigenvalue weighted by Gasteiger charge is -2.27. The molecule has 1 atom stereocenters. The van der Waals surface area contributed by atoms with E-state index in [2.05, 4.69) is 15.3 Å². The van der Waals surface area contributed by atoms with Crippen molar-refractivity contribution in [2.45, 2.75) is 25.3 Å². The summed E-state index contributed by atoms with van der Waals surface area (Å²) in [4.78, 5) is 22.4. The smallest absolute Gasteiger partial charge is 0.337 e. The van der Waals surface area contributed by atoms with Gasteiger partial charge in [-0.1, -0.05) is 17.7 Å². The summed E-state index contributed by atoms with van der Waals surface area (Å²) in [6.07, 6.45) is 2.96. The molecule has 1 saturated heterocycles. The van der Waals surface area contributed by atoms with E-state index >= 15 is 0 Å². The Morgan fingerprint density at radius 3 is 2.74 bits per heavy atom. The number of aliphatic hydroxyl groups excluding tert-OH is 1. The Morgan fingerprint density at radius 2 is 2.17 bits per heavy atom. The average Bonchev–Trinajstić information content (AvgIpc) is 3.35. The molecule has 2 aromatic rings. The Kier molecular flexibility index (Phi) is 8.92. The summed E-state index contributed by atoms with van der Waals surface area (Å²) < 4.78 is 46.5. The van der Waals surface area contributed by atoms with Gasteiger partial charge in [-0.3, -0.25) is 9.89 Å². The summed E-state index contributed by atoms with van der Waals surface area (Å²) in [7, 11) is 1.81. The van der Waals surface area contributed by atoms with Crippen LogP contribution in [0.1, 0.15) is 19.2 Å². The van der Waals surface area contributed by atoms with Gasteiger partial charge >= 0.3 is 5.97 Å². The fourth-order valence-corrected chi connectivity index (χ4v) is 3.94. The highest BCUT2D eigenvalue weighted by Gasteiger charge is 2.45. The largest absolute Gasteiger partial charge is 0.463 e. The van der Waals surface area contributed by atoms with Crippen molar-refractivity contribution in [3.63, 3.8) is 0 Å². The van der Waals surface area contributed by atoms with Crippen LogP contribution in [-0.2, 0) is 16.6 Å². The third-order valence-electron chi connectivity index (χ3n) is 5.43. The summed E-state index contributed by atoms with van der Waals surface area (Å²) in [5, 5.41) is 13.0. The maximum absolute atomic E-state index is 13.8. The van der Waals surface area contributed by atoms with Crippen LogP contribution in [0.2, 0.25) is 5.02 Å². The minimum atomic E-state index is -2.87. The lowest BCUT2D eigenvalue weighted by molar-refractivity contribution is -0.138. The number of nitrogens with one attached hydrogen (secondary N) is 1. The van der Waals surface area contributed by atoms with Gasteiger partial charge in [0.15, 0.2) is 11.7 Å². The maximum atomic E-state index is 13.8. The van der Waals surface area contributed by atoms with Crippen molar-refractivity contribution in [2.75, 3.05) is 32.8 Å². The van der Waals surface area contributed by atoms with Crippen LogP contribution in [0.4, 0.5) is 13.2 Å². The summed E-state index contributed by atoms with van der Waals surface area (Å²) >= 11 is 5.40. The Balaban J connectivity index is 0.000000363. The van der Waals surface area contributed by atoms with E-state index in [-0.39, 0.29) is 32.1 Å². The van der Waals surface area contributed by atoms with Crippen molar-refractivity contribution in [3.05, 3.63) is 64.6 Å². The van der Waals surface area contributed by atoms with E-state index in [0.29, 0.717) is 28.0 Å². The number of carbonyl (C=O) groups excluding carboxylic acids is 1. The summed E-state index contributed by atoms with van der Waals surface area (Å²) in [5.41, 5.74) is 0.735. The zero-order chi connectivity index (χ0) is 25.6. The van der Waals surface area contributed by atoms with Crippen molar-refractivity contribution in [1.82, 2.24) is 19.8 Å². The molecule has 1 aromatic heterocycles. The number of nitrogens with zero attached hydrogens (tertiary/aromatic N) is 4. The molecular formula is C23H27ClF3N5O3. The van der Waals surface area contributed by atoms with Crippen molar-refractivity contribution in [3.8, 4) is 0 Å². The predicted molar refractivity (Wildman–Crippen MR) is 125 cm³/mol. The van der Waals surface area contributed by atoms with Gasteiger partial charge in [0.05, 0.1) is 31.9 Å². The van der Waals surface area contributed by atoms with Gasteiger partial charge in [-0.2, -0.15) is 0 Å². The highest BCUT2D eigenvalue weighted by molar-refractivity contribution is 6.30. The molecule has 8 nitrogen and oxygen atoms in total. The minimum absolute atomic E-state index is 0.0540. The molecule has 3 heterocycles. The second kappa shape index (κ2) is 11.7. The molecule has 0 spiro atoms. The van der Waals surface area contributed by atoms with Crippen LogP contribution in [0.5, 0.6) is 0 Å². The van der Waals surface area contributed by atoms with Crippen LogP contribution in [0.15, 0.2) is 52.9 Å². The van der Waals surface area contributed by atoms with E-state index in [0.717, 1.165) is 0 Å². The molecule has 4 rings (SSSR count). The predicted octanol–water partition coefficient (Wildman–Crippen LogP) is 2.77. The third-order valence-corrected chi connectivity index (χ3v) is 5.66. The Labute approximate surface area is 206 Å². The first-order chi connectivity index (χ1) is 16.6. The highest BCUT2D eigenvalue weighted by atomic mass is 35.5. The molecule has 0 aliphatic carbocycles. The molecule has 0 saturated carbocycles. The van der Waals surface area contributed by atoms with Crippen LogP contribution in [-0.4, -0.2) is 76.2 Å². The lowest BCUT2D eigenvalue weighted by Crippen LogP contribution is -2.42. The topological polar surface area (TPSA) is 92.0 Å². The number of halogens is 4. The van der Waals surface area contributed by atoms with Crippen molar-refractivity contribution < 1.29 is 27.8 Å². The molecule has 2 aliphatic heterocycles.